The van der Waals surface area contributed by atoms with Crippen molar-refractivity contribution in [2.24, 2.45) is 0 Å². The number of rotatable bonds is 8. The second-order valence-electron chi connectivity index (χ2n) is 6.72. The number of amides is 1. The standard InChI is InChI=1S/C21H16F5N5O2/c22-15-3-2-12(16(23)7-15)10-29-18-8-17(20(33)28-4-1-5-32)30-19(31-18)13-6-14(11-27-9-13)21(24,25)26/h2-3,5-9,11H,1,4,10H2,(H,28,33)(H,29,30,31). The van der Waals surface area contributed by atoms with Crippen LogP contribution in [0.2, 0.25) is 0 Å². The van der Waals surface area contributed by atoms with Gasteiger partial charge in [0.25, 0.3) is 5.91 Å². The van der Waals surface area contributed by atoms with Gasteiger partial charge < -0.3 is 15.4 Å². The van der Waals surface area contributed by atoms with Gasteiger partial charge in [0.2, 0.25) is 0 Å². The number of hydrogen-bond acceptors (Lipinski definition) is 6. The number of pyridine rings is 1. The molecule has 7 nitrogen and oxygen atoms in total. The van der Waals surface area contributed by atoms with E-state index in [4.69, 9.17) is 0 Å². The second kappa shape index (κ2) is 10.1. The van der Waals surface area contributed by atoms with Crippen molar-refractivity contribution >= 4 is 18.0 Å². The molecule has 0 aliphatic carbocycles. The van der Waals surface area contributed by atoms with Crippen LogP contribution in [-0.2, 0) is 17.5 Å². The van der Waals surface area contributed by atoms with E-state index >= 15 is 0 Å². The summed E-state index contributed by atoms with van der Waals surface area (Å²) >= 11 is 0. The summed E-state index contributed by atoms with van der Waals surface area (Å²) in [5, 5.41) is 5.19. The minimum absolute atomic E-state index is 0.00155. The average Bonchev–Trinajstić information content (AvgIpc) is 2.78. The van der Waals surface area contributed by atoms with E-state index in [1.165, 1.54) is 12.1 Å². The van der Waals surface area contributed by atoms with E-state index < -0.39 is 29.3 Å². The molecule has 0 radical (unpaired) electrons. The van der Waals surface area contributed by atoms with E-state index in [1.807, 2.05) is 0 Å². The van der Waals surface area contributed by atoms with E-state index in [-0.39, 0.29) is 48.0 Å². The minimum atomic E-state index is -4.66. The van der Waals surface area contributed by atoms with Gasteiger partial charge >= 0.3 is 6.18 Å². The van der Waals surface area contributed by atoms with Crippen molar-refractivity contribution in [3.8, 4) is 11.4 Å². The summed E-state index contributed by atoms with van der Waals surface area (Å²) in [5.41, 5.74) is -1.25. The van der Waals surface area contributed by atoms with Crippen LogP contribution in [0, 0.1) is 11.6 Å². The number of anilines is 1. The average molecular weight is 465 g/mol. The van der Waals surface area contributed by atoms with Gasteiger partial charge in [-0.3, -0.25) is 9.78 Å². The summed E-state index contributed by atoms with van der Waals surface area (Å²) in [7, 11) is 0. The Bertz CT molecular complexity index is 1170. The number of aldehydes is 1. The van der Waals surface area contributed by atoms with Gasteiger partial charge in [-0.05, 0) is 12.1 Å². The third-order valence-electron chi connectivity index (χ3n) is 4.31. The number of carbonyl (C=O) groups is 2. The monoisotopic (exact) mass is 465 g/mol. The lowest BCUT2D eigenvalue weighted by Gasteiger charge is -2.12. The van der Waals surface area contributed by atoms with Crippen molar-refractivity contribution in [3.05, 3.63) is 71.2 Å². The van der Waals surface area contributed by atoms with Crippen LogP contribution >= 0.6 is 0 Å². The van der Waals surface area contributed by atoms with Gasteiger partial charge in [-0.25, -0.2) is 18.7 Å². The number of nitrogens with one attached hydrogen (secondary N) is 2. The van der Waals surface area contributed by atoms with Gasteiger partial charge in [0.05, 0.1) is 5.56 Å². The Morgan fingerprint density at radius 3 is 2.55 bits per heavy atom. The molecule has 0 aliphatic heterocycles. The molecule has 0 aliphatic rings. The molecule has 3 rings (SSSR count). The zero-order valence-electron chi connectivity index (χ0n) is 16.8. The predicted molar refractivity (Wildman–Crippen MR) is 107 cm³/mol. The van der Waals surface area contributed by atoms with Crippen molar-refractivity contribution < 1.29 is 31.5 Å². The molecule has 12 heteroatoms. The van der Waals surface area contributed by atoms with Gasteiger partial charge in [0.15, 0.2) is 5.82 Å². The number of alkyl halides is 3. The summed E-state index contributed by atoms with van der Waals surface area (Å²) in [6.45, 7) is -0.133. The van der Waals surface area contributed by atoms with Crippen LogP contribution in [0.5, 0.6) is 0 Å². The van der Waals surface area contributed by atoms with E-state index in [0.717, 1.165) is 18.3 Å². The van der Waals surface area contributed by atoms with Crippen LogP contribution in [0.15, 0.2) is 42.7 Å². The normalized spacial score (nSPS) is 11.2. The quantitative estimate of drug-likeness (QED) is 0.299. The first kappa shape index (κ1) is 23.7. The van der Waals surface area contributed by atoms with E-state index in [1.54, 1.807) is 0 Å². The molecular weight excluding hydrogens is 449 g/mol. The number of halogens is 5. The molecular formula is C21H16F5N5O2. The third-order valence-corrected chi connectivity index (χ3v) is 4.31. The number of benzene rings is 1. The van der Waals surface area contributed by atoms with Crippen LogP contribution in [0.4, 0.5) is 27.8 Å². The molecule has 0 fully saturated rings. The maximum Gasteiger partial charge on any atom is 0.417 e. The number of carbonyl (C=O) groups excluding carboxylic acids is 2. The molecule has 0 spiro atoms. The Labute approximate surface area is 184 Å². The van der Waals surface area contributed by atoms with Crippen LogP contribution in [0.25, 0.3) is 11.4 Å². The summed E-state index contributed by atoms with van der Waals surface area (Å²) < 4.78 is 66.2. The molecule has 2 N–H and O–H groups in total. The zero-order chi connectivity index (χ0) is 24.0. The van der Waals surface area contributed by atoms with E-state index in [0.29, 0.717) is 18.5 Å². The van der Waals surface area contributed by atoms with Gasteiger partial charge in [-0.2, -0.15) is 13.2 Å². The number of nitrogens with zero attached hydrogens (tertiary/aromatic N) is 3. The maximum atomic E-state index is 13.9. The Hall–Kier alpha value is -3.96. The van der Waals surface area contributed by atoms with Crippen LogP contribution in [0.1, 0.15) is 28.0 Å². The third kappa shape index (κ3) is 6.28. The Morgan fingerprint density at radius 1 is 1.06 bits per heavy atom. The highest BCUT2D eigenvalue weighted by Gasteiger charge is 2.31. The molecule has 1 amide bonds. The van der Waals surface area contributed by atoms with Crippen LogP contribution in [-0.4, -0.2) is 33.7 Å². The fraction of sp³-hybridized carbons (Fsp3) is 0.190. The molecule has 172 valence electrons. The van der Waals surface area contributed by atoms with Crippen molar-refractivity contribution in [2.75, 3.05) is 11.9 Å². The molecule has 33 heavy (non-hydrogen) atoms. The zero-order valence-corrected chi connectivity index (χ0v) is 16.8. The van der Waals surface area contributed by atoms with E-state index in [2.05, 4.69) is 25.6 Å². The molecule has 0 saturated heterocycles. The summed E-state index contributed by atoms with van der Waals surface area (Å²) in [6.07, 6.45) is -2.27. The van der Waals surface area contributed by atoms with Crippen molar-refractivity contribution in [3.63, 3.8) is 0 Å². The van der Waals surface area contributed by atoms with Gasteiger partial charge in [-0.15, -0.1) is 0 Å². The predicted octanol–water partition coefficient (Wildman–Crippen LogP) is 3.77. The van der Waals surface area contributed by atoms with Gasteiger partial charge in [0, 0.05) is 55.2 Å². The fourth-order valence-corrected chi connectivity index (χ4v) is 2.69. The Balaban J connectivity index is 1.95. The largest absolute Gasteiger partial charge is 0.417 e. The summed E-state index contributed by atoms with van der Waals surface area (Å²) in [6, 6.07) is 4.96. The molecule has 0 atom stereocenters. The molecule has 2 aromatic heterocycles. The number of hydrogen-bond donors (Lipinski definition) is 2. The highest BCUT2D eigenvalue weighted by atomic mass is 19.4. The van der Waals surface area contributed by atoms with Crippen molar-refractivity contribution in [1.29, 1.82) is 0 Å². The molecule has 1 aromatic carbocycles. The van der Waals surface area contributed by atoms with Gasteiger partial charge in [0.1, 0.15) is 29.4 Å². The summed E-state index contributed by atoms with van der Waals surface area (Å²) in [4.78, 5) is 34.5. The second-order valence-corrected chi connectivity index (χ2v) is 6.72. The highest BCUT2D eigenvalue weighted by Crippen LogP contribution is 2.31. The lowest BCUT2D eigenvalue weighted by Crippen LogP contribution is -2.26. The Kier molecular flexibility index (Phi) is 7.26. The van der Waals surface area contributed by atoms with E-state index in [9.17, 15) is 31.5 Å². The van der Waals surface area contributed by atoms with Crippen LogP contribution in [0.3, 0.4) is 0 Å². The first-order valence-electron chi connectivity index (χ1n) is 9.48. The van der Waals surface area contributed by atoms with Crippen molar-refractivity contribution in [1.82, 2.24) is 20.3 Å². The molecule has 2 heterocycles. The highest BCUT2D eigenvalue weighted by molar-refractivity contribution is 5.93. The molecule has 0 saturated carbocycles. The topological polar surface area (TPSA) is 96.9 Å². The maximum absolute atomic E-state index is 13.9. The molecule has 0 unspecified atom stereocenters. The first-order chi connectivity index (χ1) is 15.7. The Morgan fingerprint density at radius 2 is 1.85 bits per heavy atom. The number of aromatic nitrogens is 3. The lowest BCUT2D eigenvalue weighted by molar-refractivity contribution is -0.137. The minimum Gasteiger partial charge on any atom is -0.366 e. The first-order valence-corrected chi connectivity index (χ1v) is 9.48. The molecule has 0 bridgehead atoms. The smallest absolute Gasteiger partial charge is 0.366 e. The SMILES string of the molecule is O=CCCNC(=O)c1cc(NCc2ccc(F)cc2F)nc(-c2cncc(C(F)(F)F)c2)n1. The fourth-order valence-electron chi connectivity index (χ4n) is 2.69. The summed E-state index contributed by atoms with van der Waals surface area (Å²) in [5.74, 6) is -2.51. The van der Waals surface area contributed by atoms with Gasteiger partial charge in [-0.1, -0.05) is 6.07 Å². The molecule has 3 aromatic rings. The van der Waals surface area contributed by atoms with Crippen LogP contribution < -0.4 is 10.6 Å². The lowest BCUT2D eigenvalue weighted by atomic mass is 10.2. The van der Waals surface area contributed by atoms with Crippen molar-refractivity contribution in [2.45, 2.75) is 19.1 Å².